The second kappa shape index (κ2) is 9.41. The van der Waals surface area contributed by atoms with Crippen LogP contribution in [0.2, 0.25) is 0 Å². The molecule has 0 bridgehead atoms. The lowest BCUT2D eigenvalue weighted by Gasteiger charge is -2.26. The first-order chi connectivity index (χ1) is 12.8. The zero-order valence-electron chi connectivity index (χ0n) is 15.3. The van der Waals surface area contributed by atoms with Crippen LogP contribution in [0.5, 0.6) is 0 Å². The number of hydrogen-bond donors (Lipinski definition) is 2. The molecule has 2 aromatic rings. The molecule has 1 saturated heterocycles. The van der Waals surface area contributed by atoms with Crippen molar-refractivity contribution in [3.63, 3.8) is 0 Å². The number of nitrogens with zero attached hydrogens (tertiary/aromatic N) is 2. The summed E-state index contributed by atoms with van der Waals surface area (Å²) in [5.41, 5.74) is 5.28. The van der Waals surface area contributed by atoms with Crippen LogP contribution in [0.4, 0.5) is 5.69 Å². The third-order valence-electron chi connectivity index (χ3n) is 4.99. The van der Waals surface area contributed by atoms with Crippen LogP contribution in [0.1, 0.15) is 44.1 Å². The molecule has 0 aromatic carbocycles. The van der Waals surface area contributed by atoms with Gasteiger partial charge in [0.2, 0.25) is 0 Å². The van der Waals surface area contributed by atoms with Crippen LogP contribution < -0.4 is 5.32 Å². The lowest BCUT2D eigenvalue weighted by Crippen LogP contribution is -2.28. The molecule has 0 spiro atoms. The molecule has 142 valence electrons. The first-order valence-electron chi connectivity index (χ1n) is 9.38. The number of rotatable bonds is 5. The van der Waals surface area contributed by atoms with Crippen LogP contribution in [0.15, 0.2) is 48.4 Å². The van der Waals surface area contributed by atoms with Crippen molar-refractivity contribution in [2.24, 2.45) is 0 Å². The van der Waals surface area contributed by atoms with Gasteiger partial charge in [0.15, 0.2) is 0 Å². The fourth-order valence-electron chi connectivity index (χ4n) is 3.55. The van der Waals surface area contributed by atoms with Crippen LogP contribution in [0.3, 0.4) is 0 Å². The fraction of sp³-hybridized carbons (Fsp3) is 0.381. The largest absolute Gasteiger partial charge is 0.359 e. The quantitative estimate of drug-likeness (QED) is 0.461. The van der Waals surface area contributed by atoms with Crippen molar-refractivity contribution in [3.8, 4) is 11.3 Å². The topological polar surface area (TPSA) is 70.9 Å². The van der Waals surface area contributed by atoms with Gasteiger partial charge in [-0.3, -0.25) is 15.4 Å². The normalized spacial score (nSPS) is 19.1. The van der Waals surface area contributed by atoms with Gasteiger partial charge in [-0.15, -0.1) is 24.0 Å². The predicted octanol–water partition coefficient (Wildman–Crippen LogP) is 5.18. The van der Waals surface area contributed by atoms with E-state index in [2.05, 4.69) is 21.4 Å². The summed E-state index contributed by atoms with van der Waals surface area (Å²) in [6.45, 7) is 0.788. The highest BCUT2D eigenvalue weighted by Crippen LogP contribution is 2.29. The lowest BCUT2D eigenvalue weighted by molar-refractivity contribution is 0.0343. The van der Waals surface area contributed by atoms with Gasteiger partial charge in [-0.1, -0.05) is 6.08 Å². The molecule has 3 heterocycles. The van der Waals surface area contributed by atoms with Gasteiger partial charge in [0.1, 0.15) is 6.23 Å². The molecule has 5 nitrogen and oxygen atoms in total. The zero-order valence-corrected chi connectivity index (χ0v) is 17.6. The van der Waals surface area contributed by atoms with E-state index in [1.807, 2.05) is 30.6 Å². The van der Waals surface area contributed by atoms with Gasteiger partial charge in [0.05, 0.1) is 23.3 Å². The Labute approximate surface area is 177 Å². The maximum atomic E-state index is 8.75. The number of aromatic nitrogens is 2. The van der Waals surface area contributed by atoms with Crippen LogP contribution in [-0.4, -0.2) is 28.5 Å². The van der Waals surface area contributed by atoms with Gasteiger partial charge in [0, 0.05) is 30.1 Å². The summed E-state index contributed by atoms with van der Waals surface area (Å²) in [4.78, 5) is 8.80. The number of pyridine rings is 2. The Morgan fingerprint density at radius 2 is 2.15 bits per heavy atom. The molecule has 27 heavy (non-hydrogen) atoms. The molecule has 2 aliphatic rings. The van der Waals surface area contributed by atoms with E-state index in [0.717, 1.165) is 73.2 Å². The molecular weight excluding hydrogens is 451 g/mol. The third kappa shape index (κ3) is 4.73. The van der Waals surface area contributed by atoms with E-state index in [1.54, 1.807) is 6.20 Å². The lowest BCUT2D eigenvalue weighted by atomic mass is 9.99. The number of ether oxygens (including phenoxy) is 1. The van der Waals surface area contributed by atoms with Gasteiger partial charge in [-0.05, 0) is 62.3 Å². The Hall–Kier alpha value is -1.80. The number of nitrogens with one attached hydrogen (secondary N) is 2. The average Bonchev–Trinajstić information content (AvgIpc) is 3.24. The first-order valence-corrected chi connectivity index (χ1v) is 9.38. The number of allylic oxidation sites excluding steroid dienone is 2. The van der Waals surface area contributed by atoms with Crippen LogP contribution >= 0.6 is 24.0 Å². The minimum absolute atomic E-state index is 0. The standard InChI is InChI=1S/C21H24N4O.HI/c22-21(15-6-1-2-7-15)17-12-18(16-8-5-10-23-13-16)24-14-19(17)25-20-9-3-4-11-26-20;/h5-6,8,10,12-14,20,22,25H,1-4,7,9,11H2;1H. The summed E-state index contributed by atoms with van der Waals surface area (Å²) in [5.74, 6) is 0. The van der Waals surface area contributed by atoms with E-state index in [0.29, 0.717) is 5.71 Å². The summed E-state index contributed by atoms with van der Waals surface area (Å²) in [6.07, 6.45) is 14.0. The fourth-order valence-corrected chi connectivity index (χ4v) is 3.55. The predicted molar refractivity (Wildman–Crippen MR) is 119 cm³/mol. The van der Waals surface area contributed by atoms with Crippen molar-refractivity contribution in [2.45, 2.75) is 44.8 Å². The molecule has 4 rings (SSSR count). The minimum Gasteiger partial charge on any atom is -0.359 e. The molecule has 2 aromatic heterocycles. The third-order valence-corrected chi connectivity index (χ3v) is 4.99. The van der Waals surface area contributed by atoms with E-state index >= 15 is 0 Å². The Balaban J connectivity index is 0.00000210. The molecule has 1 aliphatic heterocycles. The second-order valence-corrected chi connectivity index (χ2v) is 6.85. The maximum Gasteiger partial charge on any atom is 0.127 e. The van der Waals surface area contributed by atoms with Gasteiger partial charge in [0.25, 0.3) is 0 Å². The molecule has 2 N–H and O–H groups in total. The summed E-state index contributed by atoms with van der Waals surface area (Å²) < 4.78 is 5.82. The number of anilines is 1. The molecule has 0 amide bonds. The first kappa shape index (κ1) is 19.9. The second-order valence-electron chi connectivity index (χ2n) is 6.85. The summed E-state index contributed by atoms with van der Waals surface area (Å²) in [7, 11) is 0. The van der Waals surface area contributed by atoms with E-state index in [1.165, 1.54) is 0 Å². The van der Waals surface area contributed by atoms with E-state index in [-0.39, 0.29) is 30.2 Å². The molecule has 0 radical (unpaired) electrons. The SMILES string of the molecule is I.N=C(C1=CCCC1)c1cc(-c2cccnc2)ncc1NC1CCCCO1. The highest BCUT2D eigenvalue weighted by molar-refractivity contribution is 14.0. The summed E-state index contributed by atoms with van der Waals surface area (Å²) in [6, 6.07) is 5.90. The van der Waals surface area contributed by atoms with Crippen LogP contribution in [0.25, 0.3) is 11.3 Å². The molecule has 0 saturated carbocycles. The molecular formula is C21H25IN4O. The Bertz CT molecular complexity index is 816. The smallest absolute Gasteiger partial charge is 0.127 e. The van der Waals surface area contributed by atoms with Crippen molar-refractivity contribution in [2.75, 3.05) is 11.9 Å². The van der Waals surface area contributed by atoms with Crippen molar-refractivity contribution in [3.05, 3.63) is 54.0 Å². The van der Waals surface area contributed by atoms with Gasteiger partial charge < -0.3 is 10.1 Å². The Morgan fingerprint density at radius 1 is 1.22 bits per heavy atom. The average molecular weight is 476 g/mol. The molecule has 6 heteroatoms. The highest BCUT2D eigenvalue weighted by Gasteiger charge is 2.20. The minimum atomic E-state index is -0.00102. The summed E-state index contributed by atoms with van der Waals surface area (Å²) >= 11 is 0. The maximum absolute atomic E-state index is 8.75. The molecule has 1 fully saturated rings. The van der Waals surface area contributed by atoms with Gasteiger partial charge >= 0.3 is 0 Å². The Kier molecular flexibility index (Phi) is 6.95. The van der Waals surface area contributed by atoms with E-state index < -0.39 is 0 Å². The number of halogens is 1. The van der Waals surface area contributed by atoms with Crippen LogP contribution in [0, 0.1) is 5.41 Å². The highest BCUT2D eigenvalue weighted by atomic mass is 127. The summed E-state index contributed by atoms with van der Waals surface area (Å²) in [5, 5.41) is 12.2. The monoisotopic (exact) mass is 476 g/mol. The van der Waals surface area contributed by atoms with Crippen molar-refractivity contribution >= 4 is 35.4 Å². The van der Waals surface area contributed by atoms with Crippen molar-refractivity contribution < 1.29 is 4.74 Å². The van der Waals surface area contributed by atoms with Gasteiger partial charge in [-0.25, -0.2) is 0 Å². The molecule has 1 unspecified atom stereocenters. The van der Waals surface area contributed by atoms with E-state index in [4.69, 9.17) is 10.1 Å². The van der Waals surface area contributed by atoms with Crippen molar-refractivity contribution in [1.82, 2.24) is 9.97 Å². The van der Waals surface area contributed by atoms with Crippen LogP contribution in [-0.2, 0) is 4.74 Å². The van der Waals surface area contributed by atoms with Crippen molar-refractivity contribution in [1.29, 1.82) is 5.41 Å². The molecule has 1 aliphatic carbocycles. The molecule has 1 atom stereocenters. The number of hydrogen-bond acceptors (Lipinski definition) is 5. The Morgan fingerprint density at radius 3 is 2.85 bits per heavy atom. The van der Waals surface area contributed by atoms with E-state index in [9.17, 15) is 0 Å². The van der Waals surface area contributed by atoms with Gasteiger partial charge in [-0.2, -0.15) is 0 Å². The zero-order chi connectivity index (χ0) is 17.8.